The number of likely N-dealkylation sites (tertiary alicyclic amines) is 1. The first-order chi connectivity index (χ1) is 9.56. The zero-order valence-electron chi connectivity index (χ0n) is 11.6. The van der Waals surface area contributed by atoms with Gasteiger partial charge in [0.2, 0.25) is 11.8 Å². The molecule has 1 aliphatic heterocycles. The molecule has 4 nitrogen and oxygen atoms in total. The van der Waals surface area contributed by atoms with Crippen LogP contribution < -0.4 is 5.32 Å². The number of nitrogens with zero attached hydrogens (tertiary/aromatic N) is 1. The third-order valence-electron chi connectivity index (χ3n) is 3.60. The summed E-state index contributed by atoms with van der Waals surface area (Å²) in [6, 6.07) is 6.99. The Morgan fingerprint density at radius 2 is 1.95 bits per heavy atom. The summed E-state index contributed by atoms with van der Waals surface area (Å²) in [4.78, 5) is 25.7. The van der Waals surface area contributed by atoms with Gasteiger partial charge in [-0.2, -0.15) is 0 Å². The van der Waals surface area contributed by atoms with Crippen molar-refractivity contribution in [2.45, 2.75) is 26.2 Å². The van der Waals surface area contributed by atoms with Crippen LogP contribution in [0.1, 0.15) is 26.2 Å². The molecule has 0 saturated carbocycles. The molecule has 1 N–H and O–H groups in total. The molecule has 2 rings (SSSR count). The van der Waals surface area contributed by atoms with Crippen LogP contribution in [0, 0.1) is 5.92 Å². The number of benzene rings is 1. The van der Waals surface area contributed by atoms with Crippen LogP contribution in [0.2, 0.25) is 5.02 Å². The van der Waals surface area contributed by atoms with Crippen LogP contribution in [0.25, 0.3) is 0 Å². The number of carbonyl (C=O) groups excluding carboxylic acids is 2. The second-order valence-corrected chi connectivity index (χ2v) is 5.68. The number of hydrogen-bond donors (Lipinski definition) is 1. The van der Waals surface area contributed by atoms with Crippen LogP contribution >= 0.6 is 11.6 Å². The van der Waals surface area contributed by atoms with Crippen LogP contribution in [0.4, 0.5) is 5.69 Å². The van der Waals surface area contributed by atoms with Gasteiger partial charge in [-0.25, -0.2) is 0 Å². The van der Waals surface area contributed by atoms with Gasteiger partial charge in [-0.1, -0.05) is 30.7 Å². The van der Waals surface area contributed by atoms with Crippen molar-refractivity contribution in [3.05, 3.63) is 29.3 Å². The molecule has 108 valence electrons. The van der Waals surface area contributed by atoms with Gasteiger partial charge in [-0.15, -0.1) is 0 Å². The minimum absolute atomic E-state index is 0.110. The van der Waals surface area contributed by atoms with E-state index in [2.05, 4.69) is 12.2 Å². The lowest BCUT2D eigenvalue weighted by atomic mass is 9.99. The van der Waals surface area contributed by atoms with Crippen molar-refractivity contribution in [2.24, 2.45) is 5.92 Å². The molecule has 1 aromatic carbocycles. The highest BCUT2D eigenvalue weighted by Gasteiger charge is 2.22. The normalized spacial score (nSPS) is 16.0. The molecule has 5 heteroatoms. The van der Waals surface area contributed by atoms with E-state index in [1.54, 1.807) is 29.2 Å². The van der Waals surface area contributed by atoms with E-state index in [1.807, 2.05) is 0 Å². The summed E-state index contributed by atoms with van der Waals surface area (Å²) in [5.41, 5.74) is 0.541. The summed E-state index contributed by atoms with van der Waals surface area (Å²) in [6.45, 7) is 3.69. The lowest BCUT2D eigenvalue weighted by Gasteiger charge is -2.30. The predicted molar refractivity (Wildman–Crippen MR) is 79.7 cm³/mol. The van der Waals surface area contributed by atoms with Gasteiger partial charge in [0, 0.05) is 13.1 Å². The van der Waals surface area contributed by atoms with Crippen LogP contribution in [-0.4, -0.2) is 29.8 Å². The van der Waals surface area contributed by atoms with Crippen LogP contribution in [-0.2, 0) is 9.59 Å². The Morgan fingerprint density at radius 1 is 1.30 bits per heavy atom. The molecule has 0 atom stereocenters. The van der Waals surface area contributed by atoms with Crippen molar-refractivity contribution in [1.82, 2.24) is 4.90 Å². The molecule has 20 heavy (non-hydrogen) atoms. The average molecular weight is 295 g/mol. The number of rotatable bonds is 3. The molecular weight excluding hydrogens is 276 g/mol. The van der Waals surface area contributed by atoms with E-state index in [-0.39, 0.29) is 18.2 Å². The van der Waals surface area contributed by atoms with Gasteiger partial charge in [0.1, 0.15) is 6.42 Å². The molecule has 1 heterocycles. The maximum atomic E-state index is 12.0. The Hall–Kier alpha value is -1.55. The maximum absolute atomic E-state index is 12.0. The minimum Gasteiger partial charge on any atom is -0.342 e. The smallest absolute Gasteiger partial charge is 0.233 e. The minimum atomic E-state index is -0.318. The van der Waals surface area contributed by atoms with E-state index in [1.165, 1.54) is 0 Å². The Kier molecular flexibility index (Phi) is 5.01. The molecule has 0 bridgehead atoms. The van der Waals surface area contributed by atoms with Gasteiger partial charge in [0.05, 0.1) is 10.7 Å². The summed E-state index contributed by atoms with van der Waals surface area (Å²) in [7, 11) is 0. The molecule has 0 unspecified atom stereocenters. The third kappa shape index (κ3) is 3.97. The maximum Gasteiger partial charge on any atom is 0.233 e. The molecule has 1 saturated heterocycles. The van der Waals surface area contributed by atoms with E-state index in [9.17, 15) is 9.59 Å². The second-order valence-electron chi connectivity index (χ2n) is 5.27. The summed E-state index contributed by atoms with van der Waals surface area (Å²) >= 11 is 5.96. The fourth-order valence-electron chi connectivity index (χ4n) is 2.26. The van der Waals surface area contributed by atoms with Crippen LogP contribution in [0.5, 0.6) is 0 Å². The Labute approximate surface area is 124 Å². The largest absolute Gasteiger partial charge is 0.342 e. The van der Waals surface area contributed by atoms with Crippen molar-refractivity contribution >= 4 is 29.1 Å². The molecule has 1 aromatic rings. The molecule has 0 aliphatic carbocycles. The number of nitrogens with one attached hydrogen (secondary N) is 1. The van der Waals surface area contributed by atoms with E-state index in [4.69, 9.17) is 11.6 Å². The third-order valence-corrected chi connectivity index (χ3v) is 3.93. The standard InChI is InChI=1S/C15H19ClN2O2/c1-11-6-8-18(9-7-11)15(20)10-14(19)17-13-5-3-2-4-12(13)16/h2-5,11H,6-10H2,1H3,(H,17,19). The van der Waals surface area contributed by atoms with Crippen molar-refractivity contribution in [2.75, 3.05) is 18.4 Å². The van der Waals surface area contributed by atoms with E-state index in [0.29, 0.717) is 16.6 Å². The quantitative estimate of drug-likeness (QED) is 0.872. The van der Waals surface area contributed by atoms with Crippen LogP contribution in [0.3, 0.4) is 0 Å². The highest BCUT2D eigenvalue weighted by Crippen LogP contribution is 2.21. The lowest BCUT2D eigenvalue weighted by Crippen LogP contribution is -2.39. The summed E-state index contributed by atoms with van der Waals surface area (Å²) < 4.78 is 0. The topological polar surface area (TPSA) is 49.4 Å². The fourth-order valence-corrected chi connectivity index (χ4v) is 2.45. The first-order valence-electron chi connectivity index (χ1n) is 6.88. The molecule has 1 fully saturated rings. The van der Waals surface area contributed by atoms with Crippen molar-refractivity contribution < 1.29 is 9.59 Å². The van der Waals surface area contributed by atoms with Gasteiger partial charge >= 0.3 is 0 Å². The number of amides is 2. The second kappa shape index (κ2) is 6.75. The fraction of sp³-hybridized carbons (Fsp3) is 0.467. The zero-order valence-corrected chi connectivity index (χ0v) is 12.3. The van der Waals surface area contributed by atoms with Crippen LogP contribution in [0.15, 0.2) is 24.3 Å². The number of piperidine rings is 1. The Balaban J connectivity index is 1.85. The molecule has 0 aromatic heterocycles. The van der Waals surface area contributed by atoms with Gasteiger partial charge in [0.25, 0.3) is 0 Å². The predicted octanol–water partition coefficient (Wildman–Crippen LogP) is 2.93. The number of carbonyl (C=O) groups is 2. The molecule has 2 amide bonds. The first kappa shape index (κ1) is 14.9. The van der Waals surface area contributed by atoms with E-state index < -0.39 is 0 Å². The summed E-state index contributed by atoms with van der Waals surface area (Å²) in [6.07, 6.45) is 1.90. The molecule has 0 radical (unpaired) electrons. The SMILES string of the molecule is CC1CCN(C(=O)CC(=O)Nc2ccccc2Cl)CC1. The van der Waals surface area contributed by atoms with E-state index >= 15 is 0 Å². The summed E-state index contributed by atoms with van der Waals surface area (Å²) in [5, 5.41) is 3.14. The highest BCUT2D eigenvalue weighted by atomic mass is 35.5. The van der Waals surface area contributed by atoms with Crippen molar-refractivity contribution in [3.63, 3.8) is 0 Å². The molecule has 0 spiro atoms. The number of hydrogen-bond acceptors (Lipinski definition) is 2. The monoisotopic (exact) mass is 294 g/mol. The number of para-hydroxylation sites is 1. The van der Waals surface area contributed by atoms with Gasteiger partial charge < -0.3 is 10.2 Å². The van der Waals surface area contributed by atoms with E-state index in [0.717, 1.165) is 25.9 Å². The van der Waals surface area contributed by atoms with Gasteiger partial charge in [-0.3, -0.25) is 9.59 Å². The summed E-state index contributed by atoms with van der Waals surface area (Å²) in [5.74, 6) is 0.235. The van der Waals surface area contributed by atoms with Gasteiger partial charge in [0.15, 0.2) is 0 Å². The zero-order chi connectivity index (χ0) is 14.5. The Morgan fingerprint density at radius 3 is 2.60 bits per heavy atom. The average Bonchev–Trinajstić information content (AvgIpc) is 2.42. The molecular formula is C15H19ClN2O2. The number of halogens is 1. The van der Waals surface area contributed by atoms with Crippen molar-refractivity contribution in [3.8, 4) is 0 Å². The molecule has 1 aliphatic rings. The first-order valence-corrected chi connectivity index (χ1v) is 7.26. The Bertz CT molecular complexity index is 496. The van der Waals surface area contributed by atoms with Gasteiger partial charge in [-0.05, 0) is 30.9 Å². The lowest BCUT2D eigenvalue weighted by molar-refractivity contribution is -0.135. The highest BCUT2D eigenvalue weighted by molar-refractivity contribution is 6.33. The van der Waals surface area contributed by atoms with Crippen molar-refractivity contribution in [1.29, 1.82) is 0 Å². The number of anilines is 1.